The first-order chi connectivity index (χ1) is 16.4. The Morgan fingerprint density at radius 3 is 2.50 bits per heavy atom. The van der Waals surface area contributed by atoms with Crippen LogP contribution in [0.4, 0.5) is 0 Å². The quantitative estimate of drug-likeness (QED) is 0.543. The van der Waals surface area contributed by atoms with Crippen molar-refractivity contribution >= 4 is 22.7 Å². The summed E-state index contributed by atoms with van der Waals surface area (Å²) in [6.07, 6.45) is 5.38. The number of likely N-dealkylation sites (tertiary alicyclic amines) is 1. The maximum Gasteiger partial charge on any atom is 0.224 e. The molecule has 0 spiro atoms. The van der Waals surface area contributed by atoms with Gasteiger partial charge < -0.3 is 9.88 Å². The summed E-state index contributed by atoms with van der Waals surface area (Å²) in [5.74, 6) is 0.000320. The Morgan fingerprint density at radius 2 is 1.85 bits per heavy atom. The zero-order chi connectivity index (χ0) is 24.2. The van der Waals surface area contributed by atoms with Gasteiger partial charge in [0.15, 0.2) is 5.78 Å². The van der Waals surface area contributed by atoms with E-state index in [1.54, 1.807) is 18.3 Å². The third-order valence-corrected chi connectivity index (χ3v) is 6.26. The number of pyridine rings is 1. The zero-order valence-electron chi connectivity index (χ0n) is 20.1. The van der Waals surface area contributed by atoms with Crippen molar-refractivity contribution in [1.82, 2.24) is 19.8 Å². The lowest BCUT2D eigenvalue weighted by atomic mass is 10.1. The van der Waals surface area contributed by atoms with Crippen LogP contribution in [-0.4, -0.2) is 51.8 Å². The van der Waals surface area contributed by atoms with Crippen LogP contribution in [0.25, 0.3) is 16.7 Å². The second-order valence-corrected chi connectivity index (χ2v) is 9.32. The number of aromatic nitrogens is 2. The summed E-state index contributed by atoms with van der Waals surface area (Å²) < 4.78 is 2.01. The molecular weight excluding hydrogens is 426 g/mol. The van der Waals surface area contributed by atoms with Crippen molar-refractivity contribution in [1.29, 1.82) is 5.26 Å². The van der Waals surface area contributed by atoms with Crippen LogP contribution in [0.2, 0.25) is 0 Å². The van der Waals surface area contributed by atoms with Gasteiger partial charge >= 0.3 is 0 Å². The molecule has 0 saturated carbocycles. The first-order valence-corrected chi connectivity index (χ1v) is 11.9. The summed E-state index contributed by atoms with van der Waals surface area (Å²) >= 11 is 0. The van der Waals surface area contributed by atoms with Gasteiger partial charge in [-0.05, 0) is 82.6 Å². The summed E-state index contributed by atoms with van der Waals surface area (Å²) in [5.41, 5.74) is 5.10. The van der Waals surface area contributed by atoms with E-state index in [1.807, 2.05) is 43.5 Å². The van der Waals surface area contributed by atoms with Crippen molar-refractivity contribution in [2.45, 2.75) is 52.5 Å². The van der Waals surface area contributed by atoms with E-state index in [9.17, 15) is 14.9 Å². The Labute approximate surface area is 200 Å². The van der Waals surface area contributed by atoms with Crippen LogP contribution in [0.15, 0.2) is 36.5 Å². The normalized spacial score (nSPS) is 14.3. The van der Waals surface area contributed by atoms with Crippen LogP contribution in [0.1, 0.15) is 60.3 Å². The lowest BCUT2D eigenvalue weighted by Crippen LogP contribution is -2.34. The number of ketones is 1. The summed E-state index contributed by atoms with van der Waals surface area (Å²) in [7, 11) is 0. The monoisotopic (exact) mass is 457 g/mol. The molecule has 7 nitrogen and oxygen atoms in total. The Morgan fingerprint density at radius 1 is 1.15 bits per heavy atom. The molecule has 3 aromatic rings. The molecule has 1 amide bonds. The number of nitrogens with zero attached hydrogens (tertiary/aromatic N) is 4. The maximum absolute atomic E-state index is 13.5. The van der Waals surface area contributed by atoms with Crippen LogP contribution in [0, 0.1) is 18.3 Å². The van der Waals surface area contributed by atoms with Crippen molar-refractivity contribution in [3.63, 3.8) is 0 Å². The van der Waals surface area contributed by atoms with Crippen molar-refractivity contribution in [2.24, 2.45) is 0 Å². The number of rotatable bonds is 7. The number of nitrogens with one attached hydrogen (secondary N) is 1. The van der Waals surface area contributed by atoms with Gasteiger partial charge in [-0.25, -0.2) is 0 Å². The van der Waals surface area contributed by atoms with E-state index in [1.165, 1.54) is 6.42 Å². The molecule has 0 radical (unpaired) electrons. The number of piperidine rings is 1. The number of benzene rings is 1. The van der Waals surface area contributed by atoms with Gasteiger partial charge in [0.2, 0.25) is 5.91 Å². The number of carbonyl (C=O) groups excluding carboxylic acids is 2. The van der Waals surface area contributed by atoms with E-state index in [-0.39, 0.29) is 24.2 Å². The molecule has 4 rings (SSSR count). The van der Waals surface area contributed by atoms with Crippen LogP contribution in [0.5, 0.6) is 0 Å². The van der Waals surface area contributed by atoms with Gasteiger partial charge in [0, 0.05) is 23.6 Å². The lowest BCUT2D eigenvalue weighted by molar-refractivity contribution is -0.120. The van der Waals surface area contributed by atoms with Crippen LogP contribution < -0.4 is 5.32 Å². The number of Topliss-reactive ketones (excluding diaryl/α,β-unsaturated/α-hetero) is 1. The predicted octanol–water partition coefficient (Wildman–Crippen LogP) is 3.94. The average Bonchev–Trinajstić information content (AvgIpc) is 3.10. The summed E-state index contributed by atoms with van der Waals surface area (Å²) in [6, 6.07) is 11.4. The molecule has 0 unspecified atom stereocenters. The molecule has 3 heterocycles. The molecule has 1 aliphatic rings. The second kappa shape index (κ2) is 10.2. The molecule has 1 aromatic carbocycles. The highest BCUT2D eigenvalue weighted by molar-refractivity contribution is 6.09. The molecule has 7 heteroatoms. The molecule has 0 atom stereocenters. The van der Waals surface area contributed by atoms with Crippen LogP contribution in [-0.2, 0) is 11.2 Å². The summed E-state index contributed by atoms with van der Waals surface area (Å²) in [5, 5.41) is 12.1. The van der Waals surface area contributed by atoms with Gasteiger partial charge in [-0.2, -0.15) is 5.26 Å². The van der Waals surface area contributed by atoms with E-state index in [0.717, 1.165) is 48.4 Å². The highest BCUT2D eigenvalue weighted by Gasteiger charge is 2.25. The largest absolute Gasteiger partial charge is 0.354 e. The minimum atomic E-state index is -0.0641. The van der Waals surface area contributed by atoms with Crippen LogP contribution >= 0.6 is 0 Å². The van der Waals surface area contributed by atoms with E-state index >= 15 is 0 Å². The van der Waals surface area contributed by atoms with Gasteiger partial charge in [0.1, 0.15) is 0 Å². The third kappa shape index (κ3) is 5.02. The Kier molecular flexibility index (Phi) is 7.09. The van der Waals surface area contributed by atoms with Gasteiger partial charge in [-0.15, -0.1) is 0 Å². The predicted molar refractivity (Wildman–Crippen MR) is 132 cm³/mol. The van der Waals surface area contributed by atoms with Crippen molar-refractivity contribution in [2.75, 3.05) is 19.6 Å². The van der Waals surface area contributed by atoms with Crippen LogP contribution in [0.3, 0.4) is 0 Å². The smallest absolute Gasteiger partial charge is 0.224 e. The number of hydrogen-bond donors (Lipinski definition) is 1. The fourth-order valence-electron chi connectivity index (χ4n) is 4.73. The van der Waals surface area contributed by atoms with E-state index in [0.29, 0.717) is 23.2 Å². The van der Waals surface area contributed by atoms with Crippen molar-refractivity contribution in [3.05, 3.63) is 58.9 Å². The SMILES string of the molecule is Cc1c(C(=O)CN2CCCCC2)c2ncc(CC(=O)NC(C)C)cc2n1-c1ccc(C#N)cc1. The number of nitriles is 1. The standard InChI is InChI=1S/C27H31N5O2/c1-18(2)30-25(34)14-21-13-23-27(29-16-21)26(24(33)17-31-11-5-4-6-12-31)19(3)32(23)22-9-7-20(15-28)8-10-22/h7-10,13,16,18H,4-6,11-12,14,17H2,1-3H3,(H,30,34). The minimum absolute atomic E-state index is 0.0629. The second-order valence-electron chi connectivity index (χ2n) is 9.32. The molecule has 1 aliphatic heterocycles. The molecule has 1 saturated heterocycles. The number of hydrogen-bond acceptors (Lipinski definition) is 5. The fourth-order valence-corrected chi connectivity index (χ4v) is 4.73. The Balaban J connectivity index is 1.78. The molecule has 34 heavy (non-hydrogen) atoms. The first-order valence-electron chi connectivity index (χ1n) is 11.9. The number of fused-ring (bicyclic) bond motifs is 1. The highest BCUT2D eigenvalue weighted by atomic mass is 16.1. The molecule has 0 aliphatic carbocycles. The lowest BCUT2D eigenvalue weighted by Gasteiger charge is -2.25. The molecule has 2 aromatic heterocycles. The number of amides is 1. The minimum Gasteiger partial charge on any atom is -0.354 e. The van der Waals surface area contributed by atoms with E-state index < -0.39 is 0 Å². The van der Waals surface area contributed by atoms with Gasteiger partial charge in [0.05, 0.1) is 41.2 Å². The molecule has 1 N–H and O–H groups in total. The van der Waals surface area contributed by atoms with Gasteiger partial charge in [-0.3, -0.25) is 19.5 Å². The van der Waals surface area contributed by atoms with Gasteiger partial charge in [-0.1, -0.05) is 6.42 Å². The fraction of sp³-hybridized carbons (Fsp3) is 0.407. The van der Waals surface area contributed by atoms with Crippen molar-refractivity contribution in [3.8, 4) is 11.8 Å². The molecule has 0 bridgehead atoms. The maximum atomic E-state index is 13.5. The summed E-state index contributed by atoms with van der Waals surface area (Å²) in [6.45, 7) is 8.07. The molecular formula is C27H31N5O2. The first kappa shape index (κ1) is 23.7. The summed E-state index contributed by atoms with van der Waals surface area (Å²) in [4.78, 5) is 32.7. The zero-order valence-corrected chi connectivity index (χ0v) is 20.1. The Bertz CT molecular complexity index is 1240. The van der Waals surface area contributed by atoms with E-state index in [2.05, 4.69) is 21.3 Å². The molecule has 1 fully saturated rings. The Hall–Kier alpha value is -3.50. The number of carbonyl (C=O) groups is 2. The van der Waals surface area contributed by atoms with Gasteiger partial charge in [0.25, 0.3) is 0 Å². The topological polar surface area (TPSA) is 91.0 Å². The van der Waals surface area contributed by atoms with Crippen molar-refractivity contribution < 1.29 is 9.59 Å². The third-order valence-electron chi connectivity index (χ3n) is 6.26. The average molecular weight is 458 g/mol. The van der Waals surface area contributed by atoms with E-state index in [4.69, 9.17) is 0 Å². The highest BCUT2D eigenvalue weighted by Crippen LogP contribution is 2.30. The molecule has 176 valence electrons.